The number of anilines is 2. The lowest BCUT2D eigenvalue weighted by Gasteiger charge is -2.37. The first kappa shape index (κ1) is 15.3. The molecule has 0 aliphatic carbocycles. The van der Waals surface area contributed by atoms with E-state index in [2.05, 4.69) is 17.0 Å². The highest BCUT2D eigenvalue weighted by molar-refractivity contribution is 6.06. The summed E-state index contributed by atoms with van der Waals surface area (Å²) in [7, 11) is 1.44. The summed E-state index contributed by atoms with van der Waals surface area (Å²) in [5.41, 5.74) is 1.39. The lowest BCUT2D eigenvalue weighted by molar-refractivity contribution is 0.0950. The van der Waals surface area contributed by atoms with Gasteiger partial charge in [-0.1, -0.05) is 6.92 Å². The van der Waals surface area contributed by atoms with Gasteiger partial charge in [0.05, 0.1) is 24.6 Å². The Morgan fingerprint density at radius 1 is 1.35 bits per heavy atom. The molecular formula is C16H18FN3O3. The molecule has 1 aliphatic heterocycles. The molecule has 7 heteroatoms. The van der Waals surface area contributed by atoms with Gasteiger partial charge in [0.25, 0.3) is 11.8 Å². The van der Waals surface area contributed by atoms with Gasteiger partial charge in [-0.15, -0.1) is 0 Å². The third kappa shape index (κ3) is 2.86. The molecule has 0 spiro atoms. The van der Waals surface area contributed by atoms with Crippen LogP contribution >= 0.6 is 0 Å². The molecule has 0 radical (unpaired) electrons. The van der Waals surface area contributed by atoms with Gasteiger partial charge in [-0.25, -0.2) is 4.39 Å². The number of rotatable bonds is 4. The van der Waals surface area contributed by atoms with Crippen molar-refractivity contribution in [1.82, 2.24) is 5.16 Å². The molecule has 0 saturated heterocycles. The van der Waals surface area contributed by atoms with Crippen molar-refractivity contribution < 1.29 is 18.4 Å². The van der Waals surface area contributed by atoms with Crippen molar-refractivity contribution >= 4 is 17.3 Å². The van der Waals surface area contributed by atoms with E-state index >= 15 is 0 Å². The summed E-state index contributed by atoms with van der Waals surface area (Å²) in [6.07, 6.45) is 0.976. The summed E-state index contributed by atoms with van der Waals surface area (Å²) in [6, 6.07) is 5.93. The molecule has 1 aromatic carbocycles. The Kier molecular flexibility index (Phi) is 4.18. The van der Waals surface area contributed by atoms with Crippen LogP contribution in [0.5, 0.6) is 5.88 Å². The quantitative estimate of drug-likeness (QED) is 0.867. The number of carbonyl (C=O) groups excluding carboxylic acids is 1. The van der Waals surface area contributed by atoms with Gasteiger partial charge in [-0.05, 0) is 29.8 Å². The summed E-state index contributed by atoms with van der Waals surface area (Å²) in [6.45, 7) is 4.08. The molecule has 6 nitrogen and oxygen atoms in total. The van der Waals surface area contributed by atoms with Gasteiger partial charge in [0.2, 0.25) is 5.76 Å². The van der Waals surface area contributed by atoms with Gasteiger partial charge in [0, 0.05) is 19.6 Å². The zero-order valence-corrected chi connectivity index (χ0v) is 13.1. The van der Waals surface area contributed by atoms with E-state index in [1.807, 2.05) is 0 Å². The molecule has 0 N–H and O–H groups in total. The first-order chi connectivity index (χ1) is 11.1. The van der Waals surface area contributed by atoms with Gasteiger partial charge in [0.1, 0.15) is 5.82 Å². The normalized spacial score (nSPS) is 13.9. The Morgan fingerprint density at radius 2 is 2.17 bits per heavy atom. The summed E-state index contributed by atoms with van der Waals surface area (Å²) in [4.78, 5) is 16.3. The molecule has 3 rings (SSSR count). The van der Waals surface area contributed by atoms with Crippen LogP contribution in [0.2, 0.25) is 0 Å². The number of hydrogen-bond donors (Lipinski definition) is 0. The van der Waals surface area contributed by atoms with Crippen LogP contribution < -0.4 is 14.5 Å². The molecule has 1 aliphatic rings. The highest BCUT2D eigenvalue weighted by atomic mass is 19.1. The van der Waals surface area contributed by atoms with E-state index < -0.39 is 0 Å². The molecule has 0 bridgehead atoms. The lowest BCUT2D eigenvalue weighted by Crippen LogP contribution is -2.44. The monoisotopic (exact) mass is 319 g/mol. The fourth-order valence-corrected chi connectivity index (χ4v) is 2.74. The van der Waals surface area contributed by atoms with Crippen LogP contribution in [-0.2, 0) is 0 Å². The van der Waals surface area contributed by atoms with Gasteiger partial charge < -0.3 is 19.1 Å². The van der Waals surface area contributed by atoms with Crippen molar-refractivity contribution in [1.29, 1.82) is 0 Å². The van der Waals surface area contributed by atoms with Gasteiger partial charge in [-0.3, -0.25) is 4.79 Å². The largest absolute Gasteiger partial charge is 0.479 e. The number of benzene rings is 1. The summed E-state index contributed by atoms with van der Waals surface area (Å²) < 4.78 is 23.6. The first-order valence-electron chi connectivity index (χ1n) is 7.51. The fourth-order valence-electron chi connectivity index (χ4n) is 2.74. The number of halogens is 1. The molecule has 0 unspecified atom stereocenters. The van der Waals surface area contributed by atoms with Gasteiger partial charge in [0.15, 0.2) is 0 Å². The zero-order chi connectivity index (χ0) is 16.4. The minimum Gasteiger partial charge on any atom is -0.479 e. The number of nitrogens with zero attached hydrogens (tertiary/aromatic N) is 3. The number of carbonyl (C=O) groups is 1. The van der Waals surface area contributed by atoms with Crippen LogP contribution in [0.4, 0.5) is 15.8 Å². The minimum atomic E-state index is -0.380. The average molecular weight is 319 g/mol. The molecular weight excluding hydrogens is 301 g/mol. The molecule has 2 aromatic rings. The third-order valence-electron chi connectivity index (χ3n) is 3.81. The number of methoxy groups -OCH3 is 1. The predicted molar refractivity (Wildman–Crippen MR) is 83.6 cm³/mol. The zero-order valence-electron chi connectivity index (χ0n) is 13.1. The van der Waals surface area contributed by atoms with Crippen LogP contribution in [0.3, 0.4) is 0 Å². The van der Waals surface area contributed by atoms with E-state index in [1.165, 1.54) is 30.2 Å². The smallest absolute Gasteiger partial charge is 0.297 e. The number of hydrogen-bond acceptors (Lipinski definition) is 5. The lowest BCUT2D eigenvalue weighted by atomic mass is 10.1. The fraction of sp³-hybridized carbons (Fsp3) is 0.375. The Hall–Kier alpha value is -2.57. The number of amides is 1. The van der Waals surface area contributed by atoms with Crippen LogP contribution in [0.25, 0.3) is 0 Å². The second-order valence-electron chi connectivity index (χ2n) is 5.31. The Morgan fingerprint density at radius 3 is 2.87 bits per heavy atom. The number of ether oxygens (including phenoxy) is 1. The summed E-state index contributed by atoms with van der Waals surface area (Å²) in [5.74, 6) is -0.433. The van der Waals surface area contributed by atoms with Crippen molar-refractivity contribution in [2.24, 2.45) is 0 Å². The van der Waals surface area contributed by atoms with Crippen molar-refractivity contribution in [3.8, 4) is 5.88 Å². The van der Waals surface area contributed by atoms with Crippen LogP contribution in [0.1, 0.15) is 23.9 Å². The number of aromatic nitrogens is 1. The maximum Gasteiger partial charge on any atom is 0.297 e. The van der Waals surface area contributed by atoms with E-state index in [4.69, 9.17) is 9.26 Å². The van der Waals surface area contributed by atoms with E-state index in [0.29, 0.717) is 18.8 Å². The maximum atomic E-state index is 13.7. The Labute approximate surface area is 133 Å². The maximum absolute atomic E-state index is 13.7. The van der Waals surface area contributed by atoms with E-state index in [-0.39, 0.29) is 23.4 Å². The van der Waals surface area contributed by atoms with E-state index in [1.54, 1.807) is 6.07 Å². The van der Waals surface area contributed by atoms with Crippen molar-refractivity contribution in [2.75, 3.05) is 36.5 Å². The van der Waals surface area contributed by atoms with Crippen molar-refractivity contribution in [3.05, 3.63) is 35.8 Å². The Balaban J connectivity index is 1.95. The van der Waals surface area contributed by atoms with E-state index in [9.17, 15) is 9.18 Å². The topological polar surface area (TPSA) is 58.8 Å². The SMILES string of the molecule is CCCN1CCN(C(=O)c2cc(OC)no2)c2cc(F)ccc21. The second-order valence-corrected chi connectivity index (χ2v) is 5.31. The molecule has 23 heavy (non-hydrogen) atoms. The molecule has 0 fully saturated rings. The summed E-state index contributed by atoms with van der Waals surface area (Å²) >= 11 is 0. The Bertz CT molecular complexity index is 716. The molecule has 122 valence electrons. The van der Waals surface area contributed by atoms with Crippen LogP contribution in [-0.4, -0.2) is 37.8 Å². The summed E-state index contributed by atoms with van der Waals surface area (Å²) in [5, 5.41) is 3.64. The van der Waals surface area contributed by atoms with E-state index in [0.717, 1.165) is 18.7 Å². The molecule has 2 heterocycles. The van der Waals surface area contributed by atoms with Crippen LogP contribution in [0.15, 0.2) is 28.8 Å². The predicted octanol–water partition coefficient (Wildman–Crippen LogP) is 2.70. The van der Waals surface area contributed by atoms with Crippen molar-refractivity contribution in [2.45, 2.75) is 13.3 Å². The second kappa shape index (κ2) is 6.28. The first-order valence-corrected chi connectivity index (χ1v) is 7.51. The molecule has 0 atom stereocenters. The molecule has 1 amide bonds. The molecule has 1 aromatic heterocycles. The standard InChI is InChI=1S/C16H18FN3O3/c1-3-6-19-7-8-20(13-9-11(17)4-5-12(13)19)16(21)14-10-15(22-2)18-23-14/h4-5,9-10H,3,6-8H2,1-2H3. The van der Waals surface area contributed by atoms with Crippen molar-refractivity contribution in [3.63, 3.8) is 0 Å². The highest BCUT2D eigenvalue weighted by Gasteiger charge is 2.29. The molecule has 0 saturated carbocycles. The minimum absolute atomic E-state index is 0.0704. The average Bonchev–Trinajstić information content (AvgIpc) is 3.03. The highest BCUT2D eigenvalue weighted by Crippen LogP contribution is 2.35. The van der Waals surface area contributed by atoms with Gasteiger partial charge in [-0.2, -0.15) is 0 Å². The number of fused-ring (bicyclic) bond motifs is 1. The van der Waals surface area contributed by atoms with Crippen LogP contribution in [0, 0.1) is 5.82 Å². The van der Waals surface area contributed by atoms with Gasteiger partial charge >= 0.3 is 0 Å². The third-order valence-corrected chi connectivity index (χ3v) is 3.81.